The normalized spacial score (nSPS) is 25.8. The van der Waals surface area contributed by atoms with Crippen LogP contribution in [-0.2, 0) is 14.4 Å². The van der Waals surface area contributed by atoms with E-state index in [2.05, 4.69) is 15.6 Å². The van der Waals surface area contributed by atoms with Crippen molar-refractivity contribution in [1.82, 2.24) is 25.4 Å². The standard InChI is InChI=1S/C28H38FN5O3/c1-16(30-3)27(36)32-25(18-7-5-4-6-8-18)28(37)33-12-11-24-26(33)22(15-34(24)17(2)35)21-14-31-23-10-9-19(29)13-20(21)23/h9-10,13-14,16,18,22,24-26,30-31H,4-8,11-12,15H2,1-3H3,(H,32,36). The Hall–Kier alpha value is -2.94. The van der Waals surface area contributed by atoms with E-state index in [1.54, 1.807) is 27.0 Å². The van der Waals surface area contributed by atoms with E-state index in [0.29, 0.717) is 19.5 Å². The van der Waals surface area contributed by atoms with Gasteiger partial charge in [-0.3, -0.25) is 14.4 Å². The first kappa shape index (κ1) is 25.7. The van der Waals surface area contributed by atoms with Gasteiger partial charge in [0, 0.05) is 43.0 Å². The third kappa shape index (κ3) is 4.74. The molecule has 1 aromatic carbocycles. The van der Waals surface area contributed by atoms with Crippen molar-refractivity contribution in [1.29, 1.82) is 0 Å². The maximum Gasteiger partial charge on any atom is 0.245 e. The highest BCUT2D eigenvalue weighted by Gasteiger charge is 2.53. The minimum absolute atomic E-state index is 0.0159. The predicted octanol–water partition coefficient (Wildman–Crippen LogP) is 2.90. The lowest BCUT2D eigenvalue weighted by atomic mass is 9.82. The van der Waals surface area contributed by atoms with Crippen molar-refractivity contribution in [3.63, 3.8) is 0 Å². The largest absolute Gasteiger partial charge is 0.361 e. The molecule has 37 heavy (non-hydrogen) atoms. The summed E-state index contributed by atoms with van der Waals surface area (Å²) in [6, 6.07) is 3.37. The summed E-state index contributed by atoms with van der Waals surface area (Å²) in [4.78, 5) is 46.8. The zero-order chi connectivity index (χ0) is 26.3. The van der Waals surface area contributed by atoms with Gasteiger partial charge in [-0.1, -0.05) is 19.3 Å². The van der Waals surface area contributed by atoms with Gasteiger partial charge in [-0.15, -0.1) is 0 Å². The number of likely N-dealkylation sites (N-methyl/N-ethyl adjacent to an activating group) is 1. The first-order chi connectivity index (χ1) is 17.8. The number of fused-ring (bicyclic) bond motifs is 2. The molecule has 3 fully saturated rings. The van der Waals surface area contributed by atoms with Crippen LogP contribution in [0.25, 0.3) is 10.9 Å². The Balaban J connectivity index is 1.49. The van der Waals surface area contributed by atoms with E-state index in [1.165, 1.54) is 12.1 Å². The number of aromatic amines is 1. The Morgan fingerprint density at radius 3 is 2.57 bits per heavy atom. The molecule has 5 atom stereocenters. The maximum absolute atomic E-state index is 14.3. The summed E-state index contributed by atoms with van der Waals surface area (Å²) in [5, 5.41) is 6.84. The Morgan fingerprint density at radius 2 is 1.86 bits per heavy atom. The van der Waals surface area contributed by atoms with Gasteiger partial charge in [0.05, 0.1) is 18.1 Å². The zero-order valence-electron chi connectivity index (χ0n) is 21.9. The number of benzene rings is 1. The van der Waals surface area contributed by atoms with Crippen LogP contribution in [0.2, 0.25) is 0 Å². The van der Waals surface area contributed by atoms with Crippen LogP contribution in [0, 0.1) is 11.7 Å². The van der Waals surface area contributed by atoms with Crippen LogP contribution in [0.1, 0.15) is 63.9 Å². The van der Waals surface area contributed by atoms with Crippen molar-refractivity contribution in [3.8, 4) is 0 Å². The number of aromatic nitrogens is 1. The van der Waals surface area contributed by atoms with Crippen LogP contribution in [-0.4, -0.2) is 76.8 Å². The molecule has 5 unspecified atom stereocenters. The van der Waals surface area contributed by atoms with Gasteiger partial charge in [0.15, 0.2) is 0 Å². The summed E-state index contributed by atoms with van der Waals surface area (Å²) in [7, 11) is 1.73. The van der Waals surface area contributed by atoms with E-state index in [-0.39, 0.29) is 47.5 Å². The molecule has 3 N–H and O–H groups in total. The van der Waals surface area contributed by atoms with E-state index < -0.39 is 12.1 Å². The topological polar surface area (TPSA) is 97.5 Å². The van der Waals surface area contributed by atoms with E-state index in [1.807, 2.05) is 16.0 Å². The van der Waals surface area contributed by atoms with Crippen molar-refractivity contribution < 1.29 is 18.8 Å². The average molecular weight is 512 g/mol. The van der Waals surface area contributed by atoms with E-state index in [0.717, 1.165) is 48.6 Å². The molecule has 5 rings (SSSR count). The molecule has 2 aromatic rings. The van der Waals surface area contributed by atoms with Crippen LogP contribution >= 0.6 is 0 Å². The highest BCUT2D eigenvalue weighted by molar-refractivity contribution is 5.91. The van der Waals surface area contributed by atoms with Gasteiger partial charge in [0.2, 0.25) is 17.7 Å². The van der Waals surface area contributed by atoms with Crippen LogP contribution in [0.3, 0.4) is 0 Å². The van der Waals surface area contributed by atoms with Gasteiger partial charge in [0.25, 0.3) is 0 Å². The van der Waals surface area contributed by atoms with Crippen molar-refractivity contribution in [2.75, 3.05) is 20.1 Å². The molecule has 1 aromatic heterocycles. The lowest BCUT2D eigenvalue weighted by Gasteiger charge is -2.36. The zero-order valence-corrected chi connectivity index (χ0v) is 21.9. The molecule has 2 saturated heterocycles. The second kappa shape index (κ2) is 10.4. The number of carbonyl (C=O) groups is 3. The summed E-state index contributed by atoms with van der Waals surface area (Å²) in [5.41, 5.74) is 1.76. The molecule has 2 aliphatic heterocycles. The third-order valence-electron chi connectivity index (χ3n) is 8.90. The number of hydrogen-bond acceptors (Lipinski definition) is 4. The molecule has 3 aliphatic rings. The van der Waals surface area contributed by atoms with E-state index >= 15 is 0 Å². The molecule has 1 saturated carbocycles. The van der Waals surface area contributed by atoms with Crippen molar-refractivity contribution in [2.24, 2.45) is 5.92 Å². The molecule has 3 heterocycles. The number of hydrogen-bond donors (Lipinski definition) is 3. The number of likely N-dealkylation sites (tertiary alicyclic amines) is 2. The van der Waals surface area contributed by atoms with Gasteiger partial charge in [-0.05, 0) is 62.9 Å². The van der Waals surface area contributed by atoms with Crippen molar-refractivity contribution >= 4 is 28.6 Å². The smallest absolute Gasteiger partial charge is 0.245 e. The Labute approximate surface area is 217 Å². The summed E-state index contributed by atoms with van der Waals surface area (Å²) in [5.74, 6) is -0.614. The first-order valence-corrected chi connectivity index (χ1v) is 13.6. The second-order valence-corrected chi connectivity index (χ2v) is 11.0. The number of amides is 3. The van der Waals surface area contributed by atoms with E-state index in [4.69, 9.17) is 0 Å². The molecular weight excluding hydrogens is 473 g/mol. The molecule has 9 heteroatoms. The van der Waals surface area contributed by atoms with Gasteiger partial charge >= 0.3 is 0 Å². The molecule has 0 bridgehead atoms. The minimum Gasteiger partial charge on any atom is -0.361 e. The second-order valence-electron chi connectivity index (χ2n) is 11.0. The summed E-state index contributed by atoms with van der Waals surface area (Å²) in [6.45, 7) is 4.38. The van der Waals surface area contributed by atoms with Gasteiger partial charge in [0.1, 0.15) is 11.9 Å². The SMILES string of the molecule is CNC(C)C(=O)NC(C(=O)N1CCC2C1C(c1c[nH]c3ccc(F)cc13)CN2C(C)=O)C1CCCCC1. The predicted molar refractivity (Wildman–Crippen MR) is 139 cm³/mol. The first-order valence-electron chi connectivity index (χ1n) is 13.6. The fourth-order valence-corrected chi connectivity index (χ4v) is 6.84. The number of H-pyrrole nitrogens is 1. The Morgan fingerprint density at radius 1 is 1.11 bits per heavy atom. The van der Waals surface area contributed by atoms with Crippen LogP contribution in [0.5, 0.6) is 0 Å². The fourth-order valence-electron chi connectivity index (χ4n) is 6.84. The van der Waals surface area contributed by atoms with Crippen LogP contribution in [0.4, 0.5) is 4.39 Å². The molecule has 3 amide bonds. The quantitative estimate of drug-likeness (QED) is 0.556. The molecule has 200 valence electrons. The number of carbonyl (C=O) groups excluding carboxylic acids is 3. The van der Waals surface area contributed by atoms with Gasteiger partial charge in [-0.2, -0.15) is 0 Å². The van der Waals surface area contributed by atoms with Crippen molar-refractivity contribution in [2.45, 2.75) is 82.5 Å². The molecule has 1 aliphatic carbocycles. The maximum atomic E-state index is 14.3. The molecule has 0 radical (unpaired) electrons. The fraction of sp³-hybridized carbons (Fsp3) is 0.607. The molecular formula is C28H38FN5O3. The Kier molecular flexibility index (Phi) is 7.25. The highest BCUT2D eigenvalue weighted by atomic mass is 19.1. The lowest BCUT2D eigenvalue weighted by Crippen LogP contribution is -2.57. The summed E-state index contributed by atoms with van der Waals surface area (Å²) in [6.07, 6.45) is 7.68. The van der Waals surface area contributed by atoms with Gasteiger partial charge in [-0.25, -0.2) is 4.39 Å². The number of rotatable bonds is 6. The minimum atomic E-state index is -0.588. The number of halogens is 1. The molecule has 0 spiro atoms. The lowest BCUT2D eigenvalue weighted by molar-refractivity contribution is -0.140. The van der Waals surface area contributed by atoms with Crippen LogP contribution in [0.15, 0.2) is 24.4 Å². The Bertz CT molecular complexity index is 1180. The summed E-state index contributed by atoms with van der Waals surface area (Å²) >= 11 is 0. The number of nitrogens with zero attached hydrogens (tertiary/aromatic N) is 2. The number of nitrogens with one attached hydrogen (secondary N) is 3. The molecule has 8 nitrogen and oxygen atoms in total. The van der Waals surface area contributed by atoms with E-state index in [9.17, 15) is 18.8 Å². The summed E-state index contributed by atoms with van der Waals surface area (Å²) < 4.78 is 14.2. The van der Waals surface area contributed by atoms with Crippen molar-refractivity contribution in [3.05, 3.63) is 35.8 Å². The average Bonchev–Trinajstić information content (AvgIpc) is 3.60. The third-order valence-corrected chi connectivity index (χ3v) is 8.90. The monoisotopic (exact) mass is 511 g/mol. The van der Waals surface area contributed by atoms with Gasteiger partial charge < -0.3 is 25.4 Å². The highest BCUT2D eigenvalue weighted by Crippen LogP contribution is 2.44. The van der Waals surface area contributed by atoms with Crippen LogP contribution < -0.4 is 10.6 Å².